The van der Waals surface area contributed by atoms with Crippen molar-refractivity contribution >= 4 is 16.8 Å². The van der Waals surface area contributed by atoms with Gasteiger partial charge in [0.1, 0.15) is 11.3 Å². The van der Waals surface area contributed by atoms with E-state index < -0.39 is 5.54 Å². The predicted octanol–water partition coefficient (Wildman–Crippen LogP) is 1.50. The third-order valence-corrected chi connectivity index (χ3v) is 2.83. The Kier molecular flexibility index (Phi) is 4.20. The second-order valence-corrected chi connectivity index (χ2v) is 5.21. The van der Waals surface area contributed by atoms with E-state index in [0.29, 0.717) is 5.75 Å². The van der Waals surface area contributed by atoms with E-state index in [2.05, 4.69) is 10.3 Å². The standard InChI is InChI=1S/C15H18N2O3/c1-15(2,10-18)17-13(19)9-20-12-7-3-5-11-6-4-8-16-14(11)12/h3-8,18H,9-10H2,1-2H3,(H,17,19). The Balaban J connectivity index is 2.05. The van der Waals surface area contributed by atoms with E-state index in [1.54, 1.807) is 26.1 Å². The van der Waals surface area contributed by atoms with Crippen LogP contribution >= 0.6 is 0 Å². The lowest BCUT2D eigenvalue weighted by Crippen LogP contribution is -2.48. The number of benzene rings is 1. The summed E-state index contributed by atoms with van der Waals surface area (Å²) in [6.45, 7) is 3.24. The first-order chi connectivity index (χ1) is 9.52. The summed E-state index contributed by atoms with van der Waals surface area (Å²) < 4.78 is 5.52. The molecule has 0 aliphatic heterocycles. The highest BCUT2D eigenvalue weighted by atomic mass is 16.5. The van der Waals surface area contributed by atoms with Crippen molar-refractivity contribution in [1.29, 1.82) is 0 Å². The maximum absolute atomic E-state index is 11.8. The van der Waals surface area contributed by atoms with Crippen molar-refractivity contribution in [2.75, 3.05) is 13.2 Å². The molecule has 0 spiro atoms. The van der Waals surface area contributed by atoms with Gasteiger partial charge in [0.05, 0.1) is 12.1 Å². The Morgan fingerprint density at radius 2 is 2.10 bits per heavy atom. The molecule has 2 N–H and O–H groups in total. The number of aromatic nitrogens is 1. The maximum Gasteiger partial charge on any atom is 0.258 e. The molecule has 2 aromatic rings. The van der Waals surface area contributed by atoms with Gasteiger partial charge >= 0.3 is 0 Å². The minimum Gasteiger partial charge on any atom is -0.481 e. The number of nitrogens with one attached hydrogen (secondary N) is 1. The Labute approximate surface area is 117 Å². The topological polar surface area (TPSA) is 71.5 Å². The van der Waals surface area contributed by atoms with Crippen LogP contribution in [0.15, 0.2) is 36.5 Å². The average molecular weight is 274 g/mol. The van der Waals surface area contributed by atoms with Crippen LogP contribution in [-0.2, 0) is 4.79 Å². The Morgan fingerprint density at radius 1 is 1.35 bits per heavy atom. The summed E-state index contributed by atoms with van der Waals surface area (Å²) in [6.07, 6.45) is 1.68. The fraction of sp³-hybridized carbons (Fsp3) is 0.333. The molecule has 5 nitrogen and oxygen atoms in total. The number of ether oxygens (including phenoxy) is 1. The van der Waals surface area contributed by atoms with Crippen LogP contribution < -0.4 is 10.1 Å². The molecule has 0 bridgehead atoms. The van der Waals surface area contributed by atoms with Crippen LogP contribution in [0.2, 0.25) is 0 Å². The first kappa shape index (κ1) is 14.3. The molecular weight excluding hydrogens is 256 g/mol. The molecule has 2 rings (SSSR count). The minimum absolute atomic E-state index is 0.112. The normalized spacial score (nSPS) is 11.3. The van der Waals surface area contributed by atoms with Crippen LogP contribution in [0.1, 0.15) is 13.8 Å². The molecule has 0 radical (unpaired) electrons. The van der Waals surface area contributed by atoms with Gasteiger partial charge in [0.15, 0.2) is 6.61 Å². The second kappa shape index (κ2) is 5.88. The van der Waals surface area contributed by atoms with Crippen LogP contribution in [0.3, 0.4) is 0 Å². The molecule has 0 atom stereocenters. The van der Waals surface area contributed by atoms with Crippen molar-refractivity contribution in [3.63, 3.8) is 0 Å². The number of nitrogens with zero attached hydrogens (tertiary/aromatic N) is 1. The van der Waals surface area contributed by atoms with Gasteiger partial charge in [-0.3, -0.25) is 9.78 Å². The molecule has 0 saturated heterocycles. The van der Waals surface area contributed by atoms with E-state index in [4.69, 9.17) is 9.84 Å². The highest BCUT2D eigenvalue weighted by Crippen LogP contribution is 2.22. The smallest absolute Gasteiger partial charge is 0.258 e. The number of hydrogen-bond donors (Lipinski definition) is 2. The van der Waals surface area contributed by atoms with Gasteiger partial charge in [0.25, 0.3) is 5.91 Å². The largest absolute Gasteiger partial charge is 0.481 e. The minimum atomic E-state index is -0.655. The van der Waals surface area contributed by atoms with Gasteiger partial charge < -0.3 is 15.2 Å². The number of para-hydroxylation sites is 1. The molecule has 1 aromatic heterocycles. The Hall–Kier alpha value is -2.14. The van der Waals surface area contributed by atoms with Gasteiger partial charge in [0, 0.05) is 11.6 Å². The van der Waals surface area contributed by atoms with Crippen LogP contribution in [-0.4, -0.2) is 34.8 Å². The molecule has 0 fully saturated rings. The molecule has 0 aliphatic carbocycles. The number of carbonyl (C=O) groups excluding carboxylic acids is 1. The maximum atomic E-state index is 11.8. The number of pyridine rings is 1. The van der Waals surface area contributed by atoms with E-state index >= 15 is 0 Å². The quantitative estimate of drug-likeness (QED) is 0.866. The third kappa shape index (κ3) is 3.45. The number of aliphatic hydroxyl groups is 1. The molecular formula is C15H18N2O3. The number of aliphatic hydroxyl groups excluding tert-OH is 1. The molecule has 5 heteroatoms. The van der Waals surface area contributed by atoms with Crippen molar-refractivity contribution in [3.05, 3.63) is 36.5 Å². The summed E-state index contributed by atoms with van der Waals surface area (Å²) in [5.41, 5.74) is 0.0708. The third-order valence-electron chi connectivity index (χ3n) is 2.83. The average Bonchev–Trinajstić information content (AvgIpc) is 2.44. The summed E-state index contributed by atoms with van der Waals surface area (Å²) in [4.78, 5) is 16.0. The van der Waals surface area contributed by atoms with Crippen LogP contribution in [0, 0.1) is 0 Å². The summed E-state index contributed by atoms with van der Waals surface area (Å²) >= 11 is 0. The van der Waals surface area contributed by atoms with Crippen LogP contribution in [0.25, 0.3) is 10.9 Å². The lowest BCUT2D eigenvalue weighted by Gasteiger charge is -2.23. The van der Waals surface area contributed by atoms with E-state index in [1.165, 1.54) is 0 Å². The number of carbonyl (C=O) groups is 1. The molecule has 0 unspecified atom stereocenters. The first-order valence-electron chi connectivity index (χ1n) is 6.40. The number of fused-ring (bicyclic) bond motifs is 1. The highest BCUT2D eigenvalue weighted by Gasteiger charge is 2.19. The van der Waals surface area contributed by atoms with Crippen molar-refractivity contribution in [3.8, 4) is 5.75 Å². The van der Waals surface area contributed by atoms with Crippen LogP contribution in [0.4, 0.5) is 0 Å². The molecule has 0 saturated carbocycles. The van der Waals surface area contributed by atoms with Crippen molar-refractivity contribution in [2.24, 2.45) is 0 Å². The van der Waals surface area contributed by atoms with E-state index in [-0.39, 0.29) is 19.1 Å². The molecule has 106 valence electrons. The van der Waals surface area contributed by atoms with E-state index in [1.807, 2.05) is 24.3 Å². The summed E-state index contributed by atoms with van der Waals surface area (Å²) in [5.74, 6) is 0.289. The lowest BCUT2D eigenvalue weighted by molar-refractivity contribution is -0.125. The molecule has 1 aromatic carbocycles. The summed E-state index contributed by atoms with van der Waals surface area (Å²) in [7, 11) is 0. The number of rotatable bonds is 5. The zero-order valence-corrected chi connectivity index (χ0v) is 11.6. The van der Waals surface area contributed by atoms with Gasteiger partial charge in [-0.05, 0) is 26.0 Å². The molecule has 0 aliphatic rings. The molecule has 20 heavy (non-hydrogen) atoms. The monoisotopic (exact) mass is 274 g/mol. The zero-order chi connectivity index (χ0) is 14.6. The predicted molar refractivity (Wildman–Crippen MR) is 76.5 cm³/mol. The molecule has 1 amide bonds. The van der Waals surface area contributed by atoms with Crippen molar-refractivity contribution in [1.82, 2.24) is 10.3 Å². The van der Waals surface area contributed by atoms with Gasteiger partial charge in [-0.15, -0.1) is 0 Å². The number of amides is 1. The summed E-state index contributed by atoms with van der Waals surface area (Å²) in [6, 6.07) is 9.35. The SMILES string of the molecule is CC(C)(CO)NC(=O)COc1cccc2cccnc12. The van der Waals surface area contributed by atoms with Crippen LogP contribution in [0.5, 0.6) is 5.75 Å². The Bertz CT molecular complexity index is 606. The first-order valence-corrected chi connectivity index (χ1v) is 6.40. The second-order valence-electron chi connectivity index (χ2n) is 5.21. The number of hydrogen-bond acceptors (Lipinski definition) is 4. The van der Waals surface area contributed by atoms with Crippen molar-refractivity contribution < 1.29 is 14.6 Å². The van der Waals surface area contributed by atoms with Gasteiger partial charge in [-0.25, -0.2) is 0 Å². The van der Waals surface area contributed by atoms with E-state index in [0.717, 1.165) is 10.9 Å². The zero-order valence-electron chi connectivity index (χ0n) is 11.6. The Morgan fingerprint density at radius 3 is 2.85 bits per heavy atom. The highest BCUT2D eigenvalue weighted by molar-refractivity contribution is 5.85. The fourth-order valence-electron chi connectivity index (χ4n) is 1.79. The van der Waals surface area contributed by atoms with Gasteiger partial charge in [0.2, 0.25) is 0 Å². The van der Waals surface area contributed by atoms with Gasteiger partial charge in [-0.2, -0.15) is 0 Å². The van der Waals surface area contributed by atoms with E-state index in [9.17, 15) is 4.79 Å². The van der Waals surface area contributed by atoms with Crippen molar-refractivity contribution in [2.45, 2.75) is 19.4 Å². The molecule has 1 heterocycles. The van der Waals surface area contributed by atoms with Gasteiger partial charge in [-0.1, -0.05) is 18.2 Å². The fourth-order valence-corrected chi connectivity index (χ4v) is 1.79. The summed E-state index contributed by atoms with van der Waals surface area (Å²) in [5, 5.41) is 12.8. The lowest BCUT2D eigenvalue weighted by atomic mass is 10.1.